The number of halogens is 3. The molecule has 2 atom stereocenters. The molecule has 5 heterocycles. The fraction of sp³-hybridized carbons (Fsp3) is 0.343. The van der Waals surface area contributed by atoms with Gasteiger partial charge in [0.2, 0.25) is 0 Å². The number of aryl methyl sites for hydroxylation is 1. The van der Waals surface area contributed by atoms with Crippen molar-refractivity contribution in [2.45, 2.75) is 37.4 Å². The summed E-state index contributed by atoms with van der Waals surface area (Å²) in [6, 6.07) is 5.54. The molecule has 3 aliphatic rings. The Morgan fingerprint density at radius 2 is 2.00 bits per heavy atom. The molecule has 8 rings (SSSR count). The van der Waals surface area contributed by atoms with Crippen molar-refractivity contribution in [3.8, 4) is 35.2 Å². The van der Waals surface area contributed by atoms with Gasteiger partial charge < -0.3 is 14.7 Å². The van der Waals surface area contributed by atoms with Crippen molar-refractivity contribution < 1.29 is 23.0 Å². The van der Waals surface area contributed by atoms with Gasteiger partial charge in [-0.1, -0.05) is 24.1 Å². The molecule has 46 heavy (non-hydrogen) atoms. The van der Waals surface area contributed by atoms with E-state index >= 15 is 8.78 Å². The van der Waals surface area contributed by atoms with Crippen molar-refractivity contribution in [3.63, 3.8) is 0 Å². The summed E-state index contributed by atoms with van der Waals surface area (Å²) in [6.45, 7) is 2.57. The number of aromatic hydroxyl groups is 1. The van der Waals surface area contributed by atoms with E-state index in [1.165, 1.54) is 24.3 Å². The predicted octanol–water partition coefficient (Wildman–Crippen LogP) is 6.02. The second-order valence-electron chi connectivity index (χ2n) is 12.5. The van der Waals surface area contributed by atoms with Crippen LogP contribution in [0.25, 0.3) is 43.7 Å². The Morgan fingerprint density at radius 3 is 2.80 bits per heavy atom. The van der Waals surface area contributed by atoms with E-state index in [-0.39, 0.29) is 51.5 Å². The molecular formula is C35H31F3N6O2. The minimum atomic E-state index is -0.925. The third-order valence-electron chi connectivity index (χ3n) is 9.69. The minimum absolute atomic E-state index is 0.00391. The molecular weight excluding hydrogens is 593 g/mol. The second-order valence-corrected chi connectivity index (χ2v) is 12.5. The van der Waals surface area contributed by atoms with Gasteiger partial charge in [-0.05, 0) is 55.0 Å². The predicted molar refractivity (Wildman–Crippen MR) is 171 cm³/mol. The van der Waals surface area contributed by atoms with Gasteiger partial charge in [0.25, 0.3) is 0 Å². The highest BCUT2D eigenvalue weighted by molar-refractivity contribution is 6.18. The number of anilines is 1. The zero-order valence-electron chi connectivity index (χ0n) is 25.2. The van der Waals surface area contributed by atoms with Gasteiger partial charge in [-0.15, -0.1) is 6.42 Å². The summed E-state index contributed by atoms with van der Waals surface area (Å²) in [5.74, 6) is 1.40. The summed E-state index contributed by atoms with van der Waals surface area (Å²) in [7, 11) is 1.73. The van der Waals surface area contributed by atoms with Crippen LogP contribution in [0.3, 0.4) is 0 Å². The van der Waals surface area contributed by atoms with Crippen LogP contribution in [0.4, 0.5) is 19.0 Å². The number of nitrogens with zero attached hydrogens (tertiary/aromatic N) is 6. The van der Waals surface area contributed by atoms with E-state index in [4.69, 9.17) is 16.1 Å². The molecule has 1 N–H and O–H groups in total. The Hall–Kier alpha value is -4.82. The Morgan fingerprint density at radius 1 is 1.13 bits per heavy atom. The third kappa shape index (κ3) is 4.38. The van der Waals surface area contributed by atoms with Crippen LogP contribution in [0.2, 0.25) is 0 Å². The van der Waals surface area contributed by atoms with Crippen molar-refractivity contribution in [2.75, 3.05) is 37.7 Å². The van der Waals surface area contributed by atoms with E-state index in [2.05, 4.69) is 27.0 Å². The Balaban J connectivity index is 1.39. The topological polar surface area (TPSA) is 79.5 Å². The molecule has 2 fully saturated rings. The maximum Gasteiger partial charge on any atom is 0.319 e. The summed E-state index contributed by atoms with van der Waals surface area (Å²) in [5, 5.41) is 17.1. The van der Waals surface area contributed by atoms with Crippen molar-refractivity contribution in [3.05, 3.63) is 59.8 Å². The van der Waals surface area contributed by atoms with E-state index in [1.54, 1.807) is 17.9 Å². The summed E-state index contributed by atoms with van der Waals surface area (Å²) < 4.78 is 54.7. The van der Waals surface area contributed by atoms with Crippen molar-refractivity contribution in [1.29, 1.82) is 0 Å². The van der Waals surface area contributed by atoms with E-state index < -0.39 is 23.3 Å². The summed E-state index contributed by atoms with van der Waals surface area (Å²) in [5.41, 5.74) is 0.00541. The fourth-order valence-electron chi connectivity index (χ4n) is 7.70. The number of benzene rings is 3. The zero-order chi connectivity index (χ0) is 31.7. The highest BCUT2D eigenvalue weighted by atomic mass is 19.1. The van der Waals surface area contributed by atoms with Crippen LogP contribution >= 0.6 is 0 Å². The molecule has 0 radical (unpaired) electrons. The van der Waals surface area contributed by atoms with Gasteiger partial charge in [0.1, 0.15) is 41.2 Å². The van der Waals surface area contributed by atoms with Crippen LogP contribution in [0.15, 0.2) is 42.6 Å². The monoisotopic (exact) mass is 624 g/mol. The van der Waals surface area contributed by atoms with Gasteiger partial charge in [0, 0.05) is 55.6 Å². The molecule has 5 aromatic rings. The molecule has 0 saturated carbocycles. The smallest absolute Gasteiger partial charge is 0.319 e. The summed E-state index contributed by atoms with van der Waals surface area (Å²) >= 11 is 0. The van der Waals surface area contributed by atoms with Gasteiger partial charge in [-0.25, -0.2) is 13.2 Å². The fourth-order valence-corrected chi connectivity index (χ4v) is 7.70. The SMILES string of the molecule is C#Cc1c(F)ccc2cc(O)cc(-c3c(F)c4nc(OC[C@@]56CCCN5C[C@H](F)C6)nc(N5CC=CCC5)c4c4cn(C)nc34)c12. The molecule has 0 bridgehead atoms. The van der Waals surface area contributed by atoms with Crippen LogP contribution in [0.5, 0.6) is 11.8 Å². The molecule has 234 valence electrons. The van der Waals surface area contributed by atoms with Crippen molar-refractivity contribution in [2.24, 2.45) is 7.05 Å². The maximum atomic E-state index is 17.3. The lowest BCUT2D eigenvalue weighted by molar-refractivity contribution is 0.107. The maximum absolute atomic E-state index is 17.3. The molecule has 2 saturated heterocycles. The summed E-state index contributed by atoms with van der Waals surface area (Å²) in [4.78, 5) is 13.7. The molecule has 2 aromatic heterocycles. The van der Waals surface area contributed by atoms with Crippen LogP contribution in [0, 0.1) is 24.0 Å². The Labute approximate surface area is 263 Å². The first-order valence-corrected chi connectivity index (χ1v) is 15.5. The van der Waals surface area contributed by atoms with Gasteiger partial charge in [0.05, 0.1) is 16.5 Å². The molecule has 11 heteroatoms. The second kappa shape index (κ2) is 10.6. The highest BCUT2D eigenvalue weighted by Gasteiger charge is 2.49. The van der Waals surface area contributed by atoms with E-state index in [9.17, 15) is 9.50 Å². The number of fused-ring (bicyclic) bond motifs is 5. The average molecular weight is 625 g/mol. The number of aromatic nitrogens is 4. The van der Waals surface area contributed by atoms with Crippen molar-refractivity contribution >= 4 is 38.4 Å². The number of hydrogen-bond donors (Lipinski definition) is 1. The van der Waals surface area contributed by atoms with Gasteiger partial charge in [0.15, 0.2) is 5.82 Å². The number of ether oxygens (including phenoxy) is 1. The highest BCUT2D eigenvalue weighted by Crippen LogP contribution is 2.45. The number of phenolic OH excluding ortho intramolecular Hbond substituents is 1. The number of rotatable bonds is 5. The molecule has 3 aromatic carbocycles. The first kappa shape index (κ1) is 28.6. The molecule has 8 nitrogen and oxygen atoms in total. The number of hydrogen-bond acceptors (Lipinski definition) is 7. The van der Waals surface area contributed by atoms with Gasteiger partial charge >= 0.3 is 6.01 Å². The van der Waals surface area contributed by atoms with Crippen LogP contribution in [0.1, 0.15) is 31.2 Å². The molecule has 0 aliphatic carbocycles. The van der Waals surface area contributed by atoms with Crippen LogP contribution in [-0.2, 0) is 7.05 Å². The molecule has 3 aliphatic heterocycles. The largest absolute Gasteiger partial charge is 0.508 e. The quantitative estimate of drug-likeness (QED) is 0.189. The van der Waals surface area contributed by atoms with E-state index in [0.717, 1.165) is 25.8 Å². The number of phenols is 1. The molecule has 0 spiro atoms. The lowest BCUT2D eigenvalue weighted by atomic mass is 9.91. The first-order valence-electron chi connectivity index (χ1n) is 15.5. The zero-order valence-corrected chi connectivity index (χ0v) is 25.2. The average Bonchev–Trinajstić information content (AvgIpc) is 3.71. The summed E-state index contributed by atoms with van der Waals surface area (Å²) in [6.07, 6.45) is 13.6. The Kier molecular flexibility index (Phi) is 6.62. The standard InChI is InChI=1S/C35H31F3N6O2/c1-3-23-26(37)9-8-20-14-22(45)15-24(27(20)23)28-30(38)32-29(25-18-42(2)41-31(25)28)33(43-11-5-4-6-12-43)40-34(39-32)46-19-35-10-7-13-44(35)17-21(36)16-35/h1,4-5,8-9,14-15,18,21,45H,6-7,10-13,16-17,19H2,2H3/t21-,35+/m1/s1. The van der Waals surface area contributed by atoms with Crippen molar-refractivity contribution in [1.82, 2.24) is 24.6 Å². The van der Waals surface area contributed by atoms with E-state index in [1.807, 2.05) is 11.0 Å². The molecule has 0 amide bonds. The normalized spacial score (nSPS) is 21.5. The Bertz CT molecular complexity index is 2140. The van der Waals surface area contributed by atoms with Crippen LogP contribution < -0.4 is 9.64 Å². The lowest BCUT2D eigenvalue weighted by Crippen LogP contribution is -2.43. The first-order chi connectivity index (χ1) is 22.3. The van der Waals surface area contributed by atoms with Gasteiger partial charge in [-0.3, -0.25) is 9.58 Å². The molecule has 0 unspecified atom stereocenters. The van der Waals surface area contributed by atoms with E-state index in [0.29, 0.717) is 48.0 Å². The number of alkyl halides is 1. The van der Waals surface area contributed by atoms with Gasteiger partial charge in [-0.2, -0.15) is 15.1 Å². The lowest BCUT2D eigenvalue weighted by Gasteiger charge is -2.31. The third-order valence-corrected chi connectivity index (χ3v) is 9.69. The minimum Gasteiger partial charge on any atom is -0.508 e. The van der Waals surface area contributed by atoms with Crippen LogP contribution in [-0.4, -0.2) is 74.3 Å². The number of terminal acetylenes is 1.